The van der Waals surface area contributed by atoms with Crippen LogP contribution in [0.15, 0.2) is 0 Å². The normalized spacial score (nSPS) is 28.6. The molecule has 0 aromatic rings. The van der Waals surface area contributed by atoms with Gasteiger partial charge in [0.1, 0.15) is 0 Å². The summed E-state index contributed by atoms with van der Waals surface area (Å²) in [6, 6.07) is 0. The maximum atomic E-state index is 5.83. The molecule has 0 spiro atoms. The van der Waals surface area contributed by atoms with E-state index in [0.717, 1.165) is 39.1 Å². The first-order chi connectivity index (χ1) is 7.11. The van der Waals surface area contributed by atoms with E-state index in [1.54, 1.807) is 0 Å². The molecule has 1 aliphatic heterocycles. The molecule has 0 bridgehead atoms. The Hall–Kier alpha value is -0.160. The third kappa shape index (κ3) is 4.93. The second-order valence-corrected chi connectivity index (χ2v) is 4.71. The summed E-state index contributed by atoms with van der Waals surface area (Å²) in [5.41, 5.74) is 5.57. The van der Waals surface area contributed by atoms with Gasteiger partial charge in [0, 0.05) is 26.2 Å². The third-order valence-corrected chi connectivity index (χ3v) is 2.75. The predicted octanol–water partition coefficient (Wildman–Crippen LogP) is -0.0139. The van der Waals surface area contributed by atoms with E-state index in [1.165, 1.54) is 0 Å². The summed E-state index contributed by atoms with van der Waals surface area (Å²) >= 11 is 0. The molecule has 0 amide bonds. The summed E-state index contributed by atoms with van der Waals surface area (Å²) in [6.07, 6.45) is 1.65. The largest absolute Gasteiger partial charge is 0.373 e. The van der Waals surface area contributed by atoms with Crippen molar-refractivity contribution in [2.24, 2.45) is 5.73 Å². The Morgan fingerprint density at radius 3 is 2.73 bits per heavy atom. The lowest BCUT2D eigenvalue weighted by Crippen LogP contribution is -2.48. The molecule has 1 aliphatic rings. The van der Waals surface area contributed by atoms with Gasteiger partial charge in [-0.15, -0.1) is 0 Å². The molecule has 1 heterocycles. The molecule has 4 nitrogen and oxygen atoms in total. The van der Waals surface area contributed by atoms with Crippen molar-refractivity contribution in [1.82, 2.24) is 9.80 Å². The van der Waals surface area contributed by atoms with E-state index in [9.17, 15) is 0 Å². The number of nitrogens with two attached hydrogens (primary N) is 1. The fourth-order valence-corrected chi connectivity index (χ4v) is 2.01. The Morgan fingerprint density at radius 2 is 2.13 bits per heavy atom. The van der Waals surface area contributed by atoms with E-state index in [0.29, 0.717) is 12.2 Å². The first kappa shape index (κ1) is 12.9. The fourth-order valence-electron chi connectivity index (χ4n) is 2.01. The van der Waals surface area contributed by atoms with Gasteiger partial charge in [0.15, 0.2) is 0 Å². The second-order valence-electron chi connectivity index (χ2n) is 4.71. The van der Waals surface area contributed by atoms with Crippen LogP contribution in [0.3, 0.4) is 0 Å². The van der Waals surface area contributed by atoms with Crippen LogP contribution in [0.2, 0.25) is 0 Å². The average molecular weight is 215 g/mol. The highest BCUT2D eigenvalue weighted by molar-refractivity contribution is 4.76. The summed E-state index contributed by atoms with van der Waals surface area (Å²) in [5, 5.41) is 0. The predicted molar refractivity (Wildman–Crippen MR) is 63.0 cm³/mol. The Bertz CT molecular complexity index is 175. The number of morpholine rings is 1. The van der Waals surface area contributed by atoms with Crippen LogP contribution in [-0.4, -0.2) is 68.8 Å². The molecule has 1 fully saturated rings. The zero-order valence-corrected chi connectivity index (χ0v) is 10.3. The Kier molecular flexibility index (Phi) is 5.53. The van der Waals surface area contributed by atoms with Gasteiger partial charge < -0.3 is 15.4 Å². The van der Waals surface area contributed by atoms with Gasteiger partial charge in [0.25, 0.3) is 0 Å². The molecule has 0 saturated carbocycles. The van der Waals surface area contributed by atoms with Crippen LogP contribution >= 0.6 is 0 Å². The molecule has 4 heteroatoms. The third-order valence-electron chi connectivity index (χ3n) is 2.75. The highest BCUT2D eigenvalue weighted by atomic mass is 16.5. The lowest BCUT2D eigenvalue weighted by molar-refractivity contribution is -0.0791. The number of rotatable bonds is 5. The molecule has 90 valence electrons. The van der Waals surface area contributed by atoms with E-state index < -0.39 is 0 Å². The molecule has 2 atom stereocenters. The molecular formula is C11H25N3O. The van der Waals surface area contributed by atoms with Gasteiger partial charge in [0.05, 0.1) is 12.2 Å². The molecule has 0 radical (unpaired) electrons. The molecule has 15 heavy (non-hydrogen) atoms. The van der Waals surface area contributed by atoms with Crippen molar-refractivity contribution in [2.75, 3.05) is 46.8 Å². The SMILES string of the molecule is CC1CN(CCN(C)C)CC(CCN)O1. The molecule has 1 saturated heterocycles. The van der Waals surface area contributed by atoms with Gasteiger partial charge in [-0.2, -0.15) is 0 Å². The van der Waals surface area contributed by atoms with Crippen molar-refractivity contribution in [3.8, 4) is 0 Å². The van der Waals surface area contributed by atoms with Crippen molar-refractivity contribution >= 4 is 0 Å². The van der Waals surface area contributed by atoms with E-state index in [1.807, 2.05) is 0 Å². The summed E-state index contributed by atoms with van der Waals surface area (Å²) in [5.74, 6) is 0. The molecule has 2 N–H and O–H groups in total. The molecule has 0 aliphatic carbocycles. The monoisotopic (exact) mass is 215 g/mol. The van der Waals surface area contributed by atoms with Crippen LogP contribution in [0.25, 0.3) is 0 Å². The van der Waals surface area contributed by atoms with Crippen LogP contribution in [-0.2, 0) is 4.74 Å². The smallest absolute Gasteiger partial charge is 0.0718 e. The molecule has 0 aromatic heterocycles. The van der Waals surface area contributed by atoms with Crippen molar-refractivity contribution in [3.05, 3.63) is 0 Å². The van der Waals surface area contributed by atoms with Gasteiger partial charge in [-0.3, -0.25) is 4.90 Å². The standard InChI is InChI=1S/C11H25N3O/c1-10-8-14(7-6-13(2)3)9-11(15-10)4-5-12/h10-11H,4-9,12H2,1-3H3. The van der Waals surface area contributed by atoms with Crippen molar-refractivity contribution < 1.29 is 4.74 Å². The molecule has 1 rings (SSSR count). The topological polar surface area (TPSA) is 41.7 Å². The summed E-state index contributed by atoms with van der Waals surface area (Å²) < 4.78 is 5.83. The maximum Gasteiger partial charge on any atom is 0.0718 e. The van der Waals surface area contributed by atoms with Gasteiger partial charge in [-0.25, -0.2) is 0 Å². The maximum absolute atomic E-state index is 5.83. The Morgan fingerprint density at radius 1 is 1.40 bits per heavy atom. The Labute approximate surface area is 93.4 Å². The van der Waals surface area contributed by atoms with Crippen molar-refractivity contribution in [3.63, 3.8) is 0 Å². The van der Waals surface area contributed by atoms with E-state index >= 15 is 0 Å². The van der Waals surface area contributed by atoms with E-state index in [-0.39, 0.29) is 0 Å². The van der Waals surface area contributed by atoms with E-state index in [4.69, 9.17) is 10.5 Å². The lowest BCUT2D eigenvalue weighted by atomic mass is 10.1. The van der Waals surface area contributed by atoms with E-state index in [2.05, 4.69) is 30.8 Å². The number of hydrogen-bond donors (Lipinski definition) is 1. The molecule has 0 aromatic carbocycles. The van der Waals surface area contributed by atoms with Gasteiger partial charge in [0.2, 0.25) is 0 Å². The van der Waals surface area contributed by atoms with Crippen molar-refractivity contribution in [1.29, 1.82) is 0 Å². The van der Waals surface area contributed by atoms with Crippen LogP contribution in [0.1, 0.15) is 13.3 Å². The average Bonchev–Trinajstić information content (AvgIpc) is 2.14. The van der Waals surface area contributed by atoms with Crippen LogP contribution in [0.5, 0.6) is 0 Å². The minimum absolute atomic E-state index is 0.334. The second kappa shape index (κ2) is 6.43. The zero-order chi connectivity index (χ0) is 11.3. The first-order valence-corrected chi connectivity index (χ1v) is 5.84. The summed E-state index contributed by atoms with van der Waals surface area (Å²) in [4.78, 5) is 4.70. The molecular weight excluding hydrogens is 190 g/mol. The number of hydrogen-bond acceptors (Lipinski definition) is 4. The number of nitrogens with zero attached hydrogens (tertiary/aromatic N) is 2. The van der Waals surface area contributed by atoms with Crippen LogP contribution in [0, 0.1) is 0 Å². The van der Waals surface area contributed by atoms with Crippen molar-refractivity contribution in [2.45, 2.75) is 25.6 Å². The quantitative estimate of drug-likeness (QED) is 0.700. The van der Waals surface area contributed by atoms with Crippen LogP contribution < -0.4 is 5.73 Å². The first-order valence-electron chi connectivity index (χ1n) is 5.84. The molecule has 2 unspecified atom stereocenters. The zero-order valence-electron chi connectivity index (χ0n) is 10.3. The minimum Gasteiger partial charge on any atom is -0.373 e. The number of likely N-dealkylation sites (N-methyl/N-ethyl adjacent to an activating group) is 1. The lowest BCUT2D eigenvalue weighted by Gasteiger charge is -2.37. The number of ether oxygens (including phenoxy) is 1. The highest BCUT2D eigenvalue weighted by Crippen LogP contribution is 2.12. The van der Waals surface area contributed by atoms with Crippen LogP contribution in [0.4, 0.5) is 0 Å². The summed E-state index contributed by atoms with van der Waals surface area (Å²) in [7, 11) is 4.22. The van der Waals surface area contributed by atoms with Gasteiger partial charge in [-0.05, 0) is 34.0 Å². The highest BCUT2D eigenvalue weighted by Gasteiger charge is 2.24. The minimum atomic E-state index is 0.334. The van der Waals surface area contributed by atoms with Gasteiger partial charge >= 0.3 is 0 Å². The van der Waals surface area contributed by atoms with Gasteiger partial charge in [-0.1, -0.05) is 0 Å². The fraction of sp³-hybridized carbons (Fsp3) is 1.00. The Balaban J connectivity index is 2.31. The summed E-state index contributed by atoms with van der Waals surface area (Å²) in [6.45, 7) is 7.19.